The number of azide groups is 1. The Bertz CT molecular complexity index is 868. The Kier molecular flexibility index (Phi) is 7.77. The lowest BCUT2D eigenvalue weighted by molar-refractivity contribution is -0.210. The van der Waals surface area contributed by atoms with Crippen LogP contribution in [0.2, 0.25) is 5.02 Å². The van der Waals surface area contributed by atoms with Gasteiger partial charge in [-0.3, -0.25) is 0 Å². The number of aliphatic hydroxyl groups is 3. The maximum Gasteiger partial charge on any atom is 0.136 e. The Morgan fingerprint density at radius 2 is 1.86 bits per heavy atom. The fraction of sp³-hybridized carbons (Fsp3) is 0.368. The van der Waals surface area contributed by atoms with Gasteiger partial charge in [0.15, 0.2) is 0 Å². The first-order valence-corrected chi connectivity index (χ1v) is 10.1. The van der Waals surface area contributed by atoms with Crippen LogP contribution in [-0.2, 0) is 16.1 Å². The molecule has 0 radical (unpaired) electrons. The van der Waals surface area contributed by atoms with Gasteiger partial charge in [-0.25, -0.2) is 0 Å². The van der Waals surface area contributed by atoms with Gasteiger partial charge in [-0.05, 0) is 29.3 Å². The lowest BCUT2D eigenvalue weighted by Gasteiger charge is -2.40. The summed E-state index contributed by atoms with van der Waals surface area (Å²) in [6.07, 6.45) is -4.68. The van der Waals surface area contributed by atoms with E-state index < -0.39 is 29.9 Å². The van der Waals surface area contributed by atoms with Crippen LogP contribution in [0.25, 0.3) is 10.4 Å². The number of hydrogen-bond donors (Lipinski definition) is 3. The molecule has 3 rings (SSSR count). The van der Waals surface area contributed by atoms with Crippen molar-refractivity contribution in [2.24, 2.45) is 5.11 Å². The highest BCUT2D eigenvalue weighted by molar-refractivity contribution is 7.99. The fourth-order valence-corrected chi connectivity index (χ4v) is 4.17. The van der Waals surface area contributed by atoms with Crippen molar-refractivity contribution in [2.45, 2.75) is 41.4 Å². The normalized spacial score (nSPS) is 26.7. The molecule has 29 heavy (non-hydrogen) atoms. The minimum absolute atomic E-state index is 0.00646. The van der Waals surface area contributed by atoms with E-state index in [1.165, 1.54) is 11.8 Å². The zero-order valence-corrected chi connectivity index (χ0v) is 16.8. The van der Waals surface area contributed by atoms with Gasteiger partial charge < -0.3 is 24.8 Å². The number of aliphatic hydroxyl groups excluding tert-OH is 3. The Morgan fingerprint density at radius 1 is 1.10 bits per heavy atom. The van der Waals surface area contributed by atoms with E-state index in [1.54, 1.807) is 18.2 Å². The van der Waals surface area contributed by atoms with Crippen molar-refractivity contribution in [3.63, 3.8) is 0 Å². The molecule has 0 unspecified atom stereocenters. The largest absolute Gasteiger partial charge is 0.387 e. The molecule has 1 aliphatic rings. The van der Waals surface area contributed by atoms with E-state index in [0.29, 0.717) is 10.7 Å². The summed E-state index contributed by atoms with van der Waals surface area (Å²) in [5.74, 6) is 0. The highest BCUT2D eigenvalue weighted by atomic mass is 35.5. The van der Waals surface area contributed by atoms with E-state index in [4.69, 9.17) is 26.6 Å². The molecule has 1 aliphatic heterocycles. The first-order valence-electron chi connectivity index (χ1n) is 8.82. The van der Waals surface area contributed by atoms with E-state index in [-0.39, 0.29) is 13.2 Å². The summed E-state index contributed by atoms with van der Waals surface area (Å²) in [4.78, 5) is 3.57. The average Bonchev–Trinajstić information content (AvgIpc) is 2.72. The smallest absolute Gasteiger partial charge is 0.136 e. The quantitative estimate of drug-likeness (QED) is 0.346. The van der Waals surface area contributed by atoms with Crippen molar-refractivity contribution in [3.05, 3.63) is 69.6 Å². The first kappa shape index (κ1) is 21.9. The van der Waals surface area contributed by atoms with Crippen molar-refractivity contribution in [1.29, 1.82) is 0 Å². The molecule has 8 nitrogen and oxygen atoms in total. The molecule has 0 aromatic heterocycles. The standard InChI is InChI=1S/C19H20ClN3O5S/c20-13-8-11(6-7-14(13)22-23-21)9-27-10-15-16(24)17(25)18(26)19(28-15)29-12-4-2-1-3-5-12/h1-8,15-19,24-26H,9-10H2/t15-,16-,17+,18-,19+/m1/s1. The minimum atomic E-state index is -1.35. The Labute approximate surface area is 176 Å². The highest BCUT2D eigenvalue weighted by Crippen LogP contribution is 2.33. The van der Waals surface area contributed by atoms with Gasteiger partial charge in [0.1, 0.15) is 29.9 Å². The first-order chi connectivity index (χ1) is 14.0. The van der Waals surface area contributed by atoms with Gasteiger partial charge in [0.25, 0.3) is 0 Å². The maximum atomic E-state index is 10.2. The highest BCUT2D eigenvalue weighted by Gasteiger charge is 2.44. The second kappa shape index (κ2) is 10.3. The number of benzene rings is 2. The van der Waals surface area contributed by atoms with Crippen molar-refractivity contribution < 1.29 is 24.8 Å². The number of nitrogens with zero attached hydrogens (tertiary/aromatic N) is 3. The zero-order valence-electron chi connectivity index (χ0n) is 15.2. The van der Waals surface area contributed by atoms with Gasteiger partial charge in [0.2, 0.25) is 0 Å². The SMILES string of the molecule is [N-]=[N+]=Nc1ccc(COC[C@H]2O[C@@H](Sc3ccccc3)[C@H](O)[C@@H](O)[C@@H]2O)cc1Cl. The zero-order chi connectivity index (χ0) is 20.8. The van der Waals surface area contributed by atoms with Gasteiger partial charge in [0.05, 0.1) is 23.9 Å². The van der Waals surface area contributed by atoms with E-state index >= 15 is 0 Å². The van der Waals surface area contributed by atoms with Gasteiger partial charge in [-0.1, -0.05) is 58.8 Å². The van der Waals surface area contributed by atoms with E-state index in [2.05, 4.69) is 10.0 Å². The fourth-order valence-electron chi connectivity index (χ4n) is 2.85. The lowest BCUT2D eigenvalue weighted by atomic mass is 10.0. The second-order valence-electron chi connectivity index (χ2n) is 6.44. The second-order valence-corrected chi connectivity index (χ2v) is 8.01. The van der Waals surface area contributed by atoms with Crippen molar-refractivity contribution >= 4 is 29.1 Å². The number of thioether (sulfide) groups is 1. The van der Waals surface area contributed by atoms with Gasteiger partial charge in [-0.2, -0.15) is 0 Å². The van der Waals surface area contributed by atoms with E-state index in [0.717, 1.165) is 10.5 Å². The van der Waals surface area contributed by atoms with Crippen molar-refractivity contribution in [1.82, 2.24) is 0 Å². The summed E-state index contributed by atoms with van der Waals surface area (Å²) >= 11 is 7.31. The number of halogens is 1. The van der Waals surface area contributed by atoms with Crippen LogP contribution < -0.4 is 0 Å². The average molecular weight is 438 g/mol. The Morgan fingerprint density at radius 3 is 2.55 bits per heavy atom. The summed E-state index contributed by atoms with van der Waals surface area (Å²) in [6, 6.07) is 14.3. The number of ether oxygens (including phenoxy) is 2. The predicted molar refractivity (Wildman–Crippen MR) is 109 cm³/mol. The molecule has 5 atom stereocenters. The summed E-state index contributed by atoms with van der Waals surface area (Å²) in [5, 5.41) is 34.4. The molecular formula is C19H20ClN3O5S. The van der Waals surface area contributed by atoms with Crippen LogP contribution in [-0.4, -0.2) is 51.8 Å². The molecular weight excluding hydrogens is 418 g/mol. The summed E-state index contributed by atoms with van der Waals surface area (Å²) in [5.41, 5.74) is 8.79. The molecule has 1 heterocycles. The lowest BCUT2D eigenvalue weighted by Crippen LogP contribution is -2.57. The van der Waals surface area contributed by atoms with Gasteiger partial charge in [0, 0.05) is 9.81 Å². The van der Waals surface area contributed by atoms with E-state index in [1.807, 2.05) is 30.3 Å². The number of rotatable bonds is 7. The predicted octanol–water partition coefficient (Wildman–Crippen LogP) is 3.40. The van der Waals surface area contributed by atoms with Crippen LogP contribution in [0.4, 0.5) is 5.69 Å². The van der Waals surface area contributed by atoms with Gasteiger partial charge in [-0.15, -0.1) is 0 Å². The van der Waals surface area contributed by atoms with Crippen molar-refractivity contribution in [2.75, 3.05) is 6.61 Å². The molecule has 0 amide bonds. The third-order valence-corrected chi connectivity index (χ3v) is 5.85. The molecule has 0 saturated carbocycles. The molecule has 2 aromatic rings. The Balaban J connectivity index is 1.59. The maximum absolute atomic E-state index is 10.2. The molecule has 1 saturated heterocycles. The van der Waals surface area contributed by atoms with Crippen molar-refractivity contribution in [3.8, 4) is 0 Å². The number of hydrogen-bond acceptors (Lipinski definition) is 7. The monoisotopic (exact) mass is 437 g/mol. The third kappa shape index (κ3) is 5.63. The molecule has 0 spiro atoms. The topological polar surface area (TPSA) is 128 Å². The van der Waals surface area contributed by atoms with E-state index in [9.17, 15) is 15.3 Å². The molecule has 3 N–H and O–H groups in total. The molecule has 0 bridgehead atoms. The molecule has 1 fully saturated rings. The molecule has 0 aliphatic carbocycles. The van der Waals surface area contributed by atoms with Crippen LogP contribution in [0.5, 0.6) is 0 Å². The summed E-state index contributed by atoms with van der Waals surface area (Å²) in [7, 11) is 0. The minimum Gasteiger partial charge on any atom is -0.387 e. The van der Waals surface area contributed by atoms with Crippen LogP contribution >= 0.6 is 23.4 Å². The van der Waals surface area contributed by atoms with Crippen LogP contribution in [0.15, 0.2) is 58.5 Å². The summed E-state index contributed by atoms with van der Waals surface area (Å²) in [6.45, 7) is 0.185. The summed E-state index contributed by atoms with van der Waals surface area (Å²) < 4.78 is 11.4. The molecule has 2 aromatic carbocycles. The van der Waals surface area contributed by atoms with Gasteiger partial charge >= 0.3 is 0 Å². The molecule has 154 valence electrons. The van der Waals surface area contributed by atoms with Crippen LogP contribution in [0, 0.1) is 0 Å². The third-order valence-electron chi connectivity index (χ3n) is 4.38. The Hall–Kier alpha value is -1.81. The van der Waals surface area contributed by atoms with Crippen LogP contribution in [0.3, 0.4) is 0 Å². The molecule has 10 heteroatoms. The van der Waals surface area contributed by atoms with Crippen LogP contribution in [0.1, 0.15) is 5.56 Å².